The highest BCUT2D eigenvalue weighted by atomic mass is 79.9. The largest absolute Gasteiger partial charge is 0.283 e. The minimum atomic E-state index is -3.63. The Labute approximate surface area is 109 Å². The summed E-state index contributed by atoms with van der Waals surface area (Å²) >= 11 is 3.21. The molecule has 0 bridgehead atoms. The number of anilines is 1. The Morgan fingerprint density at radius 2 is 1.82 bits per heavy atom. The Hall–Kier alpha value is -0.600. The maximum absolute atomic E-state index is 11.6. The van der Waals surface area contributed by atoms with E-state index in [4.69, 9.17) is 0 Å². The molecule has 5 nitrogen and oxygen atoms in total. The number of hydrogen-bond acceptors (Lipinski definition) is 4. The Balaban J connectivity index is 2.74. The van der Waals surface area contributed by atoms with Crippen molar-refractivity contribution in [2.45, 2.75) is 0 Å². The fourth-order valence-corrected chi connectivity index (χ4v) is 4.12. The Morgan fingerprint density at radius 1 is 1.18 bits per heavy atom. The molecule has 1 rings (SSSR count). The average molecular weight is 342 g/mol. The van der Waals surface area contributed by atoms with Crippen molar-refractivity contribution in [2.24, 2.45) is 0 Å². The molecule has 0 aliphatic rings. The molecule has 0 fully saturated rings. The van der Waals surface area contributed by atoms with Gasteiger partial charge in [-0.3, -0.25) is 4.72 Å². The van der Waals surface area contributed by atoms with Crippen molar-refractivity contribution in [1.29, 1.82) is 0 Å². The summed E-state index contributed by atoms with van der Waals surface area (Å²) in [5, 5.41) is 0. The van der Waals surface area contributed by atoms with Crippen LogP contribution in [0, 0.1) is 0 Å². The van der Waals surface area contributed by atoms with Crippen molar-refractivity contribution in [1.82, 2.24) is 0 Å². The predicted octanol–water partition coefficient (Wildman–Crippen LogP) is 1.24. The summed E-state index contributed by atoms with van der Waals surface area (Å²) in [7, 11) is -6.92. The lowest BCUT2D eigenvalue weighted by molar-refractivity contribution is 0.593. The normalized spacial score (nSPS) is 12.4. The second-order valence-electron chi connectivity index (χ2n) is 3.56. The van der Waals surface area contributed by atoms with Gasteiger partial charge in [0.1, 0.15) is 9.84 Å². The molecule has 0 unspecified atom stereocenters. The molecule has 0 aromatic heterocycles. The Bertz CT molecular complexity index is 595. The first-order valence-electron chi connectivity index (χ1n) is 4.62. The van der Waals surface area contributed by atoms with Crippen molar-refractivity contribution in [3.05, 3.63) is 28.7 Å². The topological polar surface area (TPSA) is 80.3 Å². The van der Waals surface area contributed by atoms with Crippen LogP contribution in [0.15, 0.2) is 28.7 Å². The van der Waals surface area contributed by atoms with Gasteiger partial charge in [0.15, 0.2) is 0 Å². The molecule has 0 heterocycles. The van der Waals surface area contributed by atoms with Gasteiger partial charge in [-0.15, -0.1) is 0 Å². The zero-order chi connectivity index (χ0) is 13.1. The van der Waals surface area contributed by atoms with E-state index in [2.05, 4.69) is 20.7 Å². The summed E-state index contributed by atoms with van der Waals surface area (Å²) in [6, 6.07) is 6.62. The Kier molecular flexibility index (Phi) is 4.56. The van der Waals surface area contributed by atoms with Gasteiger partial charge in [0, 0.05) is 16.4 Å². The van der Waals surface area contributed by atoms with Crippen LogP contribution in [0.4, 0.5) is 5.69 Å². The van der Waals surface area contributed by atoms with Gasteiger partial charge in [-0.2, -0.15) is 0 Å². The molecule has 0 atom stereocenters. The molecular weight excluding hydrogens is 330 g/mol. The van der Waals surface area contributed by atoms with Gasteiger partial charge in [-0.25, -0.2) is 16.8 Å². The van der Waals surface area contributed by atoms with E-state index in [-0.39, 0.29) is 0 Å². The molecule has 8 heteroatoms. The maximum atomic E-state index is 11.6. The summed E-state index contributed by atoms with van der Waals surface area (Å²) in [6.07, 6.45) is 1.00. The van der Waals surface area contributed by atoms with Crippen LogP contribution in [-0.2, 0) is 19.9 Å². The molecule has 0 saturated carbocycles. The van der Waals surface area contributed by atoms with E-state index >= 15 is 0 Å². The van der Waals surface area contributed by atoms with Crippen LogP contribution in [0.3, 0.4) is 0 Å². The summed E-state index contributed by atoms with van der Waals surface area (Å²) < 4.78 is 47.9. The third kappa shape index (κ3) is 6.04. The van der Waals surface area contributed by atoms with E-state index in [1.54, 1.807) is 24.3 Å². The monoisotopic (exact) mass is 341 g/mol. The summed E-state index contributed by atoms with van der Waals surface area (Å²) in [5.41, 5.74) is 0.396. The van der Waals surface area contributed by atoms with Crippen molar-refractivity contribution < 1.29 is 16.8 Å². The molecule has 96 valence electrons. The van der Waals surface area contributed by atoms with Crippen molar-refractivity contribution in [3.63, 3.8) is 0 Å². The number of nitrogens with one attached hydrogen (secondary N) is 1. The molecule has 1 N–H and O–H groups in total. The van der Waals surface area contributed by atoms with Gasteiger partial charge in [-0.05, 0) is 18.2 Å². The van der Waals surface area contributed by atoms with E-state index in [0.29, 0.717) is 5.69 Å². The highest BCUT2D eigenvalue weighted by Gasteiger charge is 2.14. The third-order valence-electron chi connectivity index (χ3n) is 1.82. The lowest BCUT2D eigenvalue weighted by Gasteiger charge is -2.07. The summed E-state index contributed by atoms with van der Waals surface area (Å²) in [4.78, 5) is 0. The highest BCUT2D eigenvalue weighted by molar-refractivity contribution is 9.10. The van der Waals surface area contributed by atoms with Crippen molar-refractivity contribution >= 4 is 41.5 Å². The Morgan fingerprint density at radius 3 is 2.35 bits per heavy atom. The van der Waals surface area contributed by atoms with E-state index in [9.17, 15) is 16.8 Å². The van der Waals surface area contributed by atoms with Crippen molar-refractivity contribution in [3.8, 4) is 0 Å². The SMILES string of the molecule is CS(=O)(=O)CCS(=O)(=O)Nc1cccc(Br)c1. The van der Waals surface area contributed by atoms with Gasteiger partial charge in [0.25, 0.3) is 0 Å². The summed E-state index contributed by atoms with van der Waals surface area (Å²) in [6.45, 7) is 0. The third-order valence-corrected chi connectivity index (χ3v) is 4.81. The first-order valence-corrected chi connectivity index (χ1v) is 9.12. The molecule has 1 aromatic carbocycles. The predicted molar refractivity (Wildman–Crippen MR) is 71.3 cm³/mol. The zero-order valence-electron chi connectivity index (χ0n) is 9.05. The number of hydrogen-bond donors (Lipinski definition) is 1. The van der Waals surface area contributed by atoms with Crippen LogP contribution < -0.4 is 4.72 Å². The van der Waals surface area contributed by atoms with E-state index in [1.807, 2.05) is 0 Å². The first kappa shape index (κ1) is 14.5. The number of benzene rings is 1. The lowest BCUT2D eigenvalue weighted by Crippen LogP contribution is -2.22. The maximum Gasteiger partial charge on any atom is 0.233 e. The van der Waals surface area contributed by atoms with Crippen LogP contribution in [0.25, 0.3) is 0 Å². The van der Waals surface area contributed by atoms with Crippen LogP contribution in [0.5, 0.6) is 0 Å². The van der Waals surface area contributed by atoms with Gasteiger partial charge in [-0.1, -0.05) is 22.0 Å². The number of sulfonamides is 1. The average Bonchev–Trinajstić information content (AvgIpc) is 2.13. The molecule has 0 aliphatic heterocycles. The fourth-order valence-electron chi connectivity index (χ4n) is 1.04. The van der Waals surface area contributed by atoms with Crippen LogP contribution in [0.1, 0.15) is 0 Å². The molecule has 0 spiro atoms. The molecular formula is C9H12BrNO4S2. The standard InChI is InChI=1S/C9H12BrNO4S2/c1-16(12,13)5-6-17(14,15)11-9-4-2-3-8(10)7-9/h2-4,7,11H,5-6H2,1H3. The van der Waals surface area contributed by atoms with E-state index in [1.165, 1.54) is 0 Å². The molecule has 0 saturated heterocycles. The van der Waals surface area contributed by atoms with Gasteiger partial charge in [0.2, 0.25) is 10.0 Å². The minimum Gasteiger partial charge on any atom is -0.283 e. The van der Waals surface area contributed by atoms with Gasteiger partial charge < -0.3 is 0 Å². The quantitative estimate of drug-likeness (QED) is 0.873. The second kappa shape index (κ2) is 5.36. The first-order chi connectivity index (χ1) is 7.68. The summed E-state index contributed by atoms with van der Waals surface area (Å²) in [5.74, 6) is -0.839. The molecule has 0 aliphatic carbocycles. The smallest absolute Gasteiger partial charge is 0.233 e. The van der Waals surface area contributed by atoms with Gasteiger partial charge >= 0.3 is 0 Å². The molecule has 0 amide bonds. The van der Waals surface area contributed by atoms with Crippen LogP contribution in [-0.4, -0.2) is 34.6 Å². The second-order valence-corrected chi connectivity index (χ2v) is 8.58. The lowest BCUT2D eigenvalue weighted by atomic mass is 10.3. The fraction of sp³-hybridized carbons (Fsp3) is 0.333. The molecule has 0 radical (unpaired) electrons. The molecule has 1 aromatic rings. The minimum absolute atomic E-state index is 0.393. The zero-order valence-corrected chi connectivity index (χ0v) is 12.3. The number of rotatable bonds is 5. The molecule has 17 heavy (non-hydrogen) atoms. The highest BCUT2D eigenvalue weighted by Crippen LogP contribution is 2.16. The van der Waals surface area contributed by atoms with E-state index < -0.39 is 31.4 Å². The number of halogens is 1. The van der Waals surface area contributed by atoms with E-state index in [0.717, 1.165) is 10.7 Å². The number of sulfone groups is 1. The van der Waals surface area contributed by atoms with Crippen molar-refractivity contribution in [2.75, 3.05) is 22.5 Å². The van der Waals surface area contributed by atoms with Crippen LogP contribution >= 0.6 is 15.9 Å². The van der Waals surface area contributed by atoms with Gasteiger partial charge in [0.05, 0.1) is 11.5 Å². The van der Waals surface area contributed by atoms with Crippen LogP contribution in [0.2, 0.25) is 0 Å².